The zero-order valence-corrected chi connectivity index (χ0v) is 16.9. The first-order chi connectivity index (χ1) is 13.9. The van der Waals surface area contributed by atoms with Crippen molar-refractivity contribution in [3.05, 3.63) is 75.7 Å². The molecule has 4 rings (SSSR count). The number of aromatic amines is 2. The number of benzene rings is 2. The van der Waals surface area contributed by atoms with Crippen LogP contribution in [-0.2, 0) is 6.54 Å². The number of hydrogen-bond donors (Lipinski definition) is 2. The Labute approximate surface area is 170 Å². The second-order valence-corrected chi connectivity index (χ2v) is 7.19. The average molecular weight is 460 g/mol. The third kappa shape index (κ3) is 2.75. The molecular formula is C19H14BrN3O6. The fraction of sp³-hybridized carbons (Fsp3) is 0.158. The predicted molar refractivity (Wildman–Crippen MR) is 111 cm³/mol. The van der Waals surface area contributed by atoms with Crippen LogP contribution in [0.3, 0.4) is 0 Å². The molecule has 0 amide bonds. The maximum absolute atomic E-state index is 12.9. The highest BCUT2D eigenvalue weighted by atomic mass is 79.9. The molecule has 0 saturated heterocycles. The monoisotopic (exact) mass is 459 g/mol. The molecule has 0 aliphatic rings. The third-order valence-electron chi connectivity index (χ3n) is 4.71. The molecule has 2 aromatic heterocycles. The summed E-state index contributed by atoms with van der Waals surface area (Å²) in [7, 11) is 2.89. The lowest BCUT2D eigenvalue weighted by molar-refractivity contribution is 0.350. The number of methoxy groups -OCH3 is 2. The number of nitrogens with zero attached hydrogens (tertiary/aromatic N) is 1. The van der Waals surface area contributed by atoms with Gasteiger partial charge in [0.15, 0.2) is 11.5 Å². The molecule has 0 bridgehead atoms. The van der Waals surface area contributed by atoms with Gasteiger partial charge in [0.2, 0.25) is 10.9 Å². The minimum atomic E-state index is -0.827. The molecule has 0 atom stereocenters. The van der Waals surface area contributed by atoms with Gasteiger partial charge in [0.1, 0.15) is 21.8 Å². The Balaban J connectivity index is 2.06. The average Bonchev–Trinajstić information content (AvgIpc) is 2.96. The highest BCUT2D eigenvalue weighted by molar-refractivity contribution is 9.10. The SMILES string of the molecule is COc1cc(Br)cc(Cn2c(=O)c3c(=O)c4[nH]cc[nH]c4c(=O)c3c2=O)c1OC. The van der Waals surface area contributed by atoms with Crippen LogP contribution in [0.1, 0.15) is 5.56 Å². The van der Waals surface area contributed by atoms with E-state index in [1.165, 1.54) is 26.6 Å². The van der Waals surface area contributed by atoms with Crippen LogP contribution in [0.25, 0.3) is 21.8 Å². The van der Waals surface area contributed by atoms with E-state index in [0.29, 0.717) is 21.5 Å². The van der Waals surface area contributed by atoms with Crippen molar-refractivity contribution >= 4 is 37.7 Å². The van der Waals surface area contributed by atoms with Gasteiger partial charge in [-0.25, -0.2) is 0 Å². The lowest BCUT2D eigenvalue weighted by Gasteiger charge is -2.13. The van der Waals surface area contributed by atoms with Crippen LogP contribution in [0.4, 0.5) is 0 Å². The summed E-state index contributed by atoms with van der Waals surface area (Å²) >= 11 is 3.35. The van der Waals surface area contributed by atoms with Crippen molar-refractivity contribution in [3.8, 4) is 11.5 Å². The van der Waals surface area contributed by atoms with Crippen molar-refractivity contribution in [2.45, 2.75) is 6.54 Å². The molecule has 148 valence electrons. The Kier molecular flexibility index (Phi) is 4.50. The zero-order valence-electron chi connectivity index (χ0n) is 15.3. The van der Waals surface area contributed by atoms with Crippen molar-refractivity contribution < 1.29 is 9.47 Å². The molecule has 10 heteroatoms. The molecule has 4 aromatic rings. The van der Waals surface area contributed by atoms with Crippen LogP contribution in [0.5, 0.6) is 11.5 Å². The Morgan fingerprint density at radius 1 is 0.897 bits per heavy atom. The van der Waals surface area contributed by atoms with Crippen LogP contribution in [0.2, 0.25) is 0 Å². The summed E-state index contributed by atoms with van der Waals surface area (Å²) in [5, 5.41) is -0.853. The molecule has 0 fully saturated rings. The second-order valence-electron chi connectivity index (χ2n) is 6.28. The van der Waals surface area contributed by atoms with E-state index in [0.717, 1.165) is 4.57 Å². The van der Waals surface area contributed by atoms with Gasteiger partial charge in [0, 0.05) is 22.4 Å². The van der Waals surface area contributed by atoms with Crippen molar-refractivity contribution in [2.24, 2.45) is 0 Å². The van der Waals surface area contributed by atoms with E-state index in [9.17, 15) is 19.2 Å². The van der Waals surface area contributed by atoms with Crippen molar-refractivity contribution in [1.82, 2.24) is 14.5 Å². The standard InChI is InChI=1S/C19H14BrN3O6/c1-28-10-6-9(20)5-8(17(10)29-2)7-23-18(26)11-12(19(23)27)16(25)14-13(15(11)24)21-3-4-22-14/h3-6,21-22H,7H2,1-2H3. The number of halogens is 1. The molecule has 29 heavy (non-hydrogen) atoms. The maximum Gasteiger partial charge on any atom is 0.266 e. The smallest absolute Gasteiger partial charge is 0.266 e. The molecule has 0 radical (unpaired) electrons. The summed E-state index contributed by atoms with van der Waals surface area (Å²) in [6.45, 7) is -0.200. The lowest BCUT2D eigenvalue weighted by Crippen LogP contribution is -2.27. The fourth-order valence-corrected chi connectivity index (χ4v) is 3.92. The number of H-pyrrole nitrogens is 2. The molecule has 2 aromatic carbocycles. The van der Waals surface area contributed by atoms with Crippen molar-refractivity contribution in [2.75, 3.05) is 14.2 Å². The van der Waals surface area contributed by atoms with Crippen LogP contribution in [-0.4, -0.2) is 28.8 Å². The van der Waals surface area contributed by atoms with Gasteiger partial charge < -0.3 is 19.4 Å². The van der Waals surface area contributed by atoms with Crippen LogP contribution < -0.4 is 31.4 Å². The van der Waals surface area contributed by atoms with E-state index in [1.807, 2.05) is 0 Å². The maximum atomic E-state index is 12.9. The highest BCUT2D eigenvalue weighted by Crippen LogP contribution is 2.34. The molecule has 2 N–H and O–H groups in total. The number of hydrogen-bond acceptors (Lipinski definition) is 6. The normalized spacial score (nSPS) is 11.3. The predicted octanol–water partition coefficient (Wildman–Crippen LogP) is 1.16. The van der Waals surface area contributed by atoms with Gasteiger partial charge >= 0.3 is 0 Å². The van der Waals surface area contributed by atoms with Gasteiger partial charge in [-0.1, -0.05) is 15.9 Å². The van der Waals surface area contributed by atoms with Crippen LogP contribution in [0.15, 0.2) is 48.2 Å². The van der Waals surface area contributed by atoms with E-state index in [2.05, 4.69) is 25.9 Å². The summed E-state index contributed by atoms with van der Waals surface area (Å²) in [6, 6.07) is 3.34. The van der Waals surface area contributed by atoms with E-state index in [1.54, 1.807) is 12.1 Å². The van der Waals surface area contributed by atoms with Crippen LogP contribution in [0, 0.1) is 0 Å². The second kappa shape index (κ2) is 6.89. The number of aromatic nitrogens is 3. The number of fused-ring (bicyclic) bond motifs is 2. The van der Waals surface area contributed by atoms with Gasteiger partial charge in [0.05, 0.1) is 20.8 Å². The quantitative estimate of drug-likeness (QED) is 0.471. The summed E-state index contributed by atoms with van der Waals surface area (Å²) in [4.78, 5) is 56.7. The van der Waals surface area contributed by atoms with E-state index >= 15 is 0 Å². The first-order valence-corrected chi connectivity index (χ1v) is 9.21. The zero-order chi connectivity index (χ0) is 20.9. The first kappa shape index (κ1) is 18.9. The molecule has 0 aliphatic carbocycles. The van der Waals surface area contributed by atoms with Gasteiger partial charge in [-0.15, -0.1) is 0 Å². The Bertz CT molecular complexity index is 1420. The number of nitrogens with one attached hydrogen (secondary N) is 2. The molecule has 0 aliphatic heterocycles. The van der Waals surface area contributed by atoms with Gasteiger partial charge in [-0.3, -0.25) is 23.7 Å². The fourth-order valence-electron chi connectivity index (χ4n) is 3.44. The number of ether oxygens (including phenoxy) is 2. The molecule has 0 unspecified atom stereocenters. The Morgan fingerprint density at radius 3 is 1.93 bits per heavy atom. The Morgan fingerprint density at radius 2 is 1.45 bits per heavy atom. The minimum Gasteiger partial charge on any atom is -0.493 e. The Hall–Kier alpha value is -3.40. The highest BCUT2D eigenvalue weighted by Gasteiger charge is 2.23. The van der Waals surface area contributed by atoms with Gasteiger partial charge in [0.25, 0.3) is 11.1 Å². The first-order valence-electron chi connectivity index (χ1n) is 8.41. The van der Waals surface area contributed by atoms with E-state index in [4.69, 9.17) is 9.47 Å². The summed E-state index contributed by atoms with van der Waals surface area (Å²) in [6.07, 6.45) is 2.85. The van der Waals surface area contributed by atoms with E-state index < -0.39 is 32.7 Å². The summed E-state index contributed by atoms with van der Waals surface area (Å²) in [5.74, 6) is 0.737. The minimum absolute atomic E-state index is 0.0547. The van der Waals surface area contributed by atoms with Crippen molar-refractivity contribution in [3.63, 3.8) is 0 Å². The van der Waals surface area contributed by atoms with Gasteiger partial charge in [-0.05, 0) is 12.1 Å². The topological polar surface area (TPSA) is 123 Å². The number of rotatable bonds is 4. The summed E-state index contributed by atoms with van der Waals surface area (Å²) in [5.41, 5.74) is -2.70. The molecule has 0 spiro atoms. The summed E-state index contributed by atoms with van der Waals surface area (Å²) < 4.78 is 12.1. The largest absolute Gasteiger partial charge is 0.493 e. The van der Waals surface area contributed by atoms with E-state index in [-0.39, 0.29) is 17.6 Å². The lowest BCUT2D eigenvalue weighted by atomic mass is 10.1. The van der Waals surface area contributed by atoms with Crippen molar-refractivity contribution in [1.29, 1.82) is 0 Å². The third-order valence-corrected chi connectivity index (χ3v) is 5.17. The van der Waals surface area contributed by atoms with Crippen LogP contribution >= 0.6 is 15.9 Å². The molecule has 9 nitrogen and oxygen atoms in total. The van der Waals surface area contributed by atoms with Gasteiger partial charge in [-0.2, -0.15) is 0 Å². The molecular weight excluding hydrogens is 446 g/mol. The molecule has 2 heterocycles. The molecule has 0 saturated carbocycles.